The van der Waals surface area contributed by atoms with Gasteiger partial charge in [-0.2, -0.15) is 0 Å². The quantitative estimate of drug-likeness (QED) is 0.203. The molecule has 3 N–H and O–H groups in total. The molecule has 192 valence electrons. The predicted molar refractivity (Wildman–Crippen MR) is 149 cm³/mol. The molecule has 2 amide bonds. The summed E-state index contributed by atoms with van der Waals surface area (Å²) in [4.78, 5) is 25.5. The van der Waals surface area contributed by atoms with Gasteiger partial charge in [0.05, 0.1) is 0 Å². The number of benzene rings is 3. The minimum absolute atomic E-state index is 0.0137. The number of amides is 2. The number of aryl methyl sites for hydroxylation is 1. The van der Waals surface area contributed by atoms with Crippen LogP contribution in [0.3, 0.4) is 0 Å². The second kappa shape index (κ2) is 14.3. The first-order chi connectivity index (χ1) is 17.5. The zero-order valence-corrected chi connectivity index (χ0v) is 21.7. The van der Waals surface area contributed by atoms with Gasteiger partial charge in [0, 0.05) is 28.7 Å². The number of phenolic OH excluding ortho intramolecular Hbond substituents is 1. The fraction of sp³-hybridized carbons (Fsp3) is 0.419. The Labute approximate surface area is 215 Å². The van der Waals surface area contributed by atoms with E-state index in [4.69, 9.17) is 0 Å². The van der Waals surface area contributed by atoms with Crippen LogP contribution in [0.4, 0.5) is 5.69 Å². The third-order valence-electron chi connectivity index (χ3n) is 6.66. The number of para-hydroxylation sites is 1. The van der Waals surface area contributed by atoms with Gasteiger partial charge in [0.25, 0.3) is 11.8 Å². The molecule has 3 aromatic rings. The zero-order valence-electron chi connectivity index (χ0n) is 21.7. The molecular formula is C31H40N2O3. The van der Waals surface area contributed by atoms with Crippen molar-refractivity contribution in [3.63, 3.8) is 0 Å². The fourth-order valence-corrected chi connectivity index (χ4v) is 4.45. The van der Waals surface area contributed by atoms with Crippen molar-refractivity contribution in [1.29, 1.82) is 0 Å². The number of fused-ring (bicyclic) bond motifs is 1. The molecule has 5 heteroatoms. The number of hydrogen-bond acceptors (Lipinski definition) is 3. The van der Waals surface area contributed by atoms with Crippen molar-refractivity contribution in [2.24, 2.45) is 0 Å². The molecule has 0 aliphatic carbocycles. The lowest BCUT2D eigenvalue weighted by Crippen LogP contribution is -2.24. The Hall–Kier alpha value is -3.34. The maximum atomic E-state index is 12.8. The Kier molecular flexibility index (Phi) is 10.8. The van der Waals surface area contributed by atoms with Crippen LogP contribution >= 0.6 is 0 Å². The number of anilines is 1. The van der Waals surface area contributed by atoms with E-state index in [1.165, 1.54) is 57.4 Å². The summed E-state index contributed by atoms with van der Waals surface area (Å²) >= 11 is 0. The van der Waals surface area contributed by atoms with Crippen LogP contribution in [-0.2, 0) is 0 Å². The molecule has 0 saturated carbocycles. The maximum Gasteiger partial charge on any atom is 0.255 e. The van der Waals surface area contributed by atoms with Crippen LogP contribution < -0.4 is 10.6 Å². The van der Waals surface area contributed by atoms with Gasteiger partial charge in [-0.3, -0.25) is 9.59 Å². The SMILES string of the molecule is CCCCCCCCCCCCNC(=O)c1ccc2c(O)cc(C(=O)Nc3ccccc3C)cc2c1. The lowest BCUT2D eigenvalue weighted by molar-refractivity contribution is 0.0952. The van der Waals surface area contributed by atoms with Gasteiger partial charge in [-0.1, -0.05) is 82.9 Å². The third kappa shape index (κ3) is 8.11. The Morgan fingerprint density at radius 1 is 0.750 bits per heavy atom. The molecule has 0 fully saturated rings. The van der Waals surface area contributed by atoms with E-state index < -0.39 is 0 Å². The number of phenols is 1. The van der Waals surface area contributed by atoms with Crippen molar-refractivity contribution in [2.75, 3.05) is 11.9 Å². The minimum atomic E-state index is -0.308. The number of carbonyl (C=O) groups is 2. The van der Waals surface area contributed by atoms with E-state index in [9.17, 15) is 14.7 Å². The van der Waals surface area contributed by atoms with Crippen LogP contribution in [0.15, 0.2) is 54.6 Å². The van der Waals surface area contributed by atoms with E-state index in [0.29, 0.717) is 28.4 Å². The summed E-state index contributed by atoms with van der Waals surface area (Å²) in [6.07, 6.45) is 12.6. The molecule has 0 aromatic heterocycles. The van der Waals surface area contributed by atoms with Gasteiger partial charge < -0.3 is 15.7 Å². The summed E-state index contributed by atoms with van der Waals surface area (Å²) < 4.78 is 0. The Morgan fingerprint density at radius 2 is 1.39 bits per heavy atom. The lowest BCUT2D eigenvalue weighted by Gasteiger charge is -2.11. The van der Waals surface area contributed by atoms with Crippen molar-refractivity contribution in [3.8, 4) is 5.75 Å². The van der Waals surface area contributed by atoms with Gasteiger partial charge in [-0.15, -0.1) is 0 Å². The smallest absolute Gasteiger partial charge is 0.255 e. The second-order valence-corrected chi connectivity index (χ2v) is 9.64. The van der Waals surface area contributed by atoms with Crippen molar-refractivity contribution in [2.45, 2.75) is 78.1 Å². The Bertz CT molecular complexity index is 1160. The summed E-state index contributed by atoms with van der Waals surface area (Å²) in [6, 6.07) is 15.9. The summed E-state index contributed by atoms with van der Waals surface area (Å²) in [5, 5.41) is 17.6. The first-order valence-corrected chi connectivity index (χ1v) is 13.4. The summed E-state index contributed by atoms with van der Waals surface area (Å²) in [7, 11) is 0. The summed E-state index contributed by atoms with van der Waals surface area (Å²) in [5.41, 5.74) is 2.54. The standard InChI is InChI=1S/C31H40N2O3/c1-3-4-5-6-7-8-9-10-11-14-19-32-30(35)24-17-18-27-25(20-24)21-26(22-29(27)34)31(36)33-28-16-13-12-15-23(28)2/h12-13,15-18,20-22,34H,3-11,14,19H2,1-2H3,(H,32,35)(H,33,36). The monoisotopic (exact) mass is 488 g/mol. The number of nitrogens with one attached hydrogen (secondary N) is 2. The summed E-state index contributed by atoms with van der Waals surface area (Å²) in [5.74, 6) is -0.431. The molecule has 3 rings (SSSR count). The number of rotatable bonds is 14. The van der Waals surface area contributed by atoms with E-state index in [0.717, 1.165) is 24.1 Å². The van der Waals surface area contributed by atoms with Crippen molar-refractivity contribution in [1.82, 2.24) is 5.32 Å². The largest absolute Gasteiger partial charge is 0.507 e. The molecule has 0 atom stereocenters. The lowest BCUT2D eigenvalue weighted by atomic mass is 10.0. The second-order valence-electron chi connectivity index (χ2n) is 9.64. The molecule has 0 spiro atoms. The average Bonchev–Trinajstić information content (AvgIpc) is 2.88. The number of hydrogen-bond donors (Lipinski definition) is 3. The van der Waals surface area contributed by atoms with Crippen LogP contribution in [0, 0.1) is 6.92 Å². The van der Waals surface area contributed by atoms with E-state index in [2.05, 4.69) is 17.6 Å². The van der Waals surface area contributed by atoms with E-state index >= 15 is 0 Å². The van der Waals surface area contributed by atoms with Crippen LogP contribution in [0.25, 0.3) is 10.8 Å². The molecular weight excluding hydrogens is 448 g/mol. The van der Waals surface area contributed by atoms with E-state index in [-0.39, 0.29) is 17.6 Å². The molecule has 3 aromatic carbocycles. The molecule has 5 nitrogen and oxygen atoms in total. The van der Waals surface area contributed by atoms with Gasteiger partial charge in [0.1, 0.15) is 5.75 Å². The number of unbranched alkanes of at least 4 members (excludes halogenated alkanes) is 9. The molecule has 0 heterocycles. The molecule has 0 aliphatic rings. The average molecular weight is 489 g/mol. The van der Waals surface area contributed by atoms with Gasteiger partial charge in [-0.05, 0) is 60.7 Å². The molecule has 0 saturated heterocycles. The fourth-order valence-electron chi connectivity index (χ4n) is 4.45. The molecule has 0 radical (unpaired) electrons. The maximum absolute atomic E-state index is 12.8. The van der Waals surface area contributed by atoms with Gasteiger partial charge in [0.2, 0.25) is 0 Å². The predicted octanol–water partition coefficient (Wildman–Crippen LogP) is 7.76. The van der Waals surface area contributed by atoms with Crippen molar-refractivity contribution >= 4 is 28.3 Å². The number of aromatic hydroxyl groups is 1. The topological polar surface area (TPSA) is 78.4 Å². The normalized spacial score (nSPS) is 10.9. The van der Waals surface area contributed by atoms with Crippen molar-refractivity contribution < 1.29 is 14.7 Å². The highest BCUT2D eigenvalue weighted by Gasteiger charge is 2.13. The van der Waals surface area contributed by atoms with Gasteiger partial charge >= 0.3 is 0 Å². The van der Waals surface area contributed by atoms with E-state index in [1.54, 1.807) is 24.3 Å². The third-order valence-corrected chi connectivity index (χ3v) is 6.66. The highest BCUT2D eigenvalue weighted by molar-refractivity contribution is 6.08. The van der Waals surface area contributed by atoms with Gasteiger partial charge in [-0.25, -0.2) is 0 Å². The van der Waals surface area contributed by atoms with Crippen LogP contribution in [-0.4, -0.2) is 23.5 Å². The number of carbonyl (C=O) groups excluding carboxylic acids is 2. The van der Waals surface area contributed by atoms with Crippen LogP contribution in [0.1, 0.15) is 97.4 Å². The minimum Gasteiger partial charge on any atom is -0.507 e. The van der Waals surface area contributed by atoms with E-state index in [1.807, 2.05) is 31.2 Å². The Balaban J connectivity index is 1.50. The first kappa shape index (κ1) is 27.3. The molecule has 0 unspecified atom stereocenters. The van der Waals surface area contributed by atoms with Crippen LogP contribution in [0.5, 0.6) is 5.75 Å². The highest BCUT2D eigenvalue weighted by Crippen LogP contribution is 2.28. The zero-order chi connectivity index (χ0) is 25.8. The van der Waals surface area contributed by atoms with Crippen molar-refractivity contribution in [3.05, 3.63) is 71.3 Å². The summed E-state index contributed by atoms with van der Waals surface area (Å²) in [6.45, 7) is 4.82. The molecule has 36 heavy (non-hydrogen) atoms. The molecule has 0 aliphatic heterocycles. The first-order valence-electron chi connectivity index (χ1n) is 13.4. The molecule has 0 bridgehead atoms. The highest BCUT2D eigenvalue weighted by atomic mass is 16.3. The Morgan fingerprint density at radius 3 is 2.08 bits per heavy atom. The van der Waals surface area contributed by atoms with Crippen LogP contribution in [0.2, 0.25) is 0 Å². The van der Waals surface area contributed by atoms with Gasteiger partial charge in [0.15, 0.2) is 0 Å².